The van der Waals surface area contributed by atoms with Gasteiger partial charge in [-0.15, -0.1) is 0 Å². The Labute approximate surface area is 119 Å². The van der Waals surface area contributed by atoms with E-state index in [1.807, 2.05) is 6.92 Å². The molecule has 6 nitrogen and oxygen atoms in total. The molecule has 0 N–H and O–H groups in total. The molecule has 1 aromatic rings. The maximum atomic E-state index is 12.0. The van der Waals surface area contributed by atoms with Crippen LogP contribution in [-0.4, -0.2) is 54.6 Å². The molecule has 7 heteroatoms. The summed E-state index contributed by atoms with van der Waals surface area (Å²) < 4.78 is 25.6. The summed E-state index contributed by atoms with van der Waals surface area (Å²) in [6.07, 6.45) is 5.25. The summed E-state index contributed by atoms with van der Waals surface area (Å²) in [6.45, 7) is 4.21. The van der Waals surface area contributed by atoms with Gasteiger partial charge < -0.3 is 4.90 Å². The Morgan fingerprint density at radius 1 is 1.30 bits per heavy atom. The van der Waals surface area contributed by atoms with Crippen LogP contribution in [0.3, 0.4) is 0 Å². The van der Waals surface area contributed by atoms with Gasteiger partial charge in [0.15, 0.2) is 0 Å². The van der Waals surface area contributed by atoms with Crippen LogP contribution in [0, 0.1) is 12.8 Å². The first-order valence-corrected chi connectivity index (χ1v) is 8.46. The van der Waals surface area contributed by atoms with E-state index in [0.29, 0.717) is 12.5 Å². The van der Waals surface area contributed by atoms with Gasteiger partial charge in [0.25, 0.3) is 0 Å². The van der Waals surface area contributed by atoms with Crippen molar-refractivity contribution >= 4 is 16.0 Å². The van der Waals surface area contributed by atoms with E-state index >= 15 is 0 Å². The maximum absolute atomic E-state index is 12.0. The number of nitrogens with zero attached hydrogens (tertiary/aromatic N) is 4. The highest BCUT2D eigenvalue weighted by Crippen LogP contribution is 2.31. The fourth-order valence-corrected chi connectivity index (χ4v) is 4.14. The molecule has 1 saturated heterocycles. The minimum Gasteiger partial charge on any atom is -0.340 e. The van der Waals surface area contributed by atoms with Crippen molar-refractivity contribution in [3.05, 3.63) is 18.0 Å². The third-order valence-corrected chi connectivity index (χ3v) is 6.23. The molecule has 0 radical (unpaired) electrons. The first kappa shape index (κ1) is 13.8. The van der Waals surface area contributed by atoms with E-state index in [9.17, 15) is 8.42 Å². The Balaban J connectivity index is 1.52. The van der Waals surface area contributed by atoms with Crippen LogP contribution < -0.4 is 4.90 Å². The molecule has 0 spiro atoms. The molecule has 0 amide bonds. The van der Waals surface area contributed by atoms with Crippen LogP contribution in [0.2, 0.25) is 0 Å². The Hall–Kier alpha value is -1.21. The van der Waals surface area contributed by atoms with Gasteiger partial charge in [-0.2, -0.15) is 0 Å². The van der Waals surface area contributed by atoms with Crippen molar-refractivity contribution in [1.29, 1.82) is 0 Å². The highest BCUT2D eigenvalue weighted by atomic mass is 32.2. The van der Waals surface area contributed by atoms with E-state index < -0.39 is 10.0 Å². The second-order valence-electron chi connectivity index (χ2n) is 5.86. The number of anilines is 1. The summed E-state index contributed by atoms with van der Waals surface area (Å²) in [5.41, 5.74) is 1.04. The van der Waals surface area contributed by atoms with Crippen LogP contribution in [0.15, 0.2) is 12.4 Å². The van der Waals surface area contributed by atoms with Crippen LogP contribution in [0.5, 0.6) is 0 Å². The zero-order valence-electron chi connectivity index (χ0n) is 11.9. The monoisotopic (exact) mass is 296 g/mol. The highest BCUT2D eigenvalue weighted by molar-refractivity contribution is 7.90. The van der Waals surface area contributed by atoms with E-state index in [0.717, 1.165) is 37.4 Å². The molecule has 0 unspecified atom stereocenters. The first-order valence-electron chi connectivity index (χ1n) is 6.95. The van der Waals surface area contributed by atoms with E-state index in [1.165, 1.54) is 4.31 Å². The van der Waals surface area contributed by atoms with Crippen molar-refractivity contribution in [2.24, 2.45) is 5.92 Å². The molecule has 0 atom stereocenters. The van der Waals surface area contributed by atoms with Crippen molar-refractivity contribution in [2.75, 3.05) is 31.6 Å². The minimum absolute atomic E-state index is 0.121. The number of aryl methyl sites for hydroxylation is 1. The van der Waals surface area contributed by atoms with E-state index in [1.54, 1.807) is 19.4 Å². The maximum Gasteiger partial charge on any atom is 0.225 e. The van der Waals surface area contributed by atoms with Gasteiger partial charge in [-0.25, -0.2) is 22.7 Å². The van der Waals surface area contributed by atoms with Crippen LogP contribution in [0.25, 0.3) is 0 Å². The van der Waals surface area contributed by atoms with Gasteiger partial charge >= 0.3 is 0 Å². The van der Waals surface area contributed by atoms with E-state index in [-0.39, 0.29) is 5.25 Å². The van der Waals surface area contributed by atoms with Gasteiger partial charge in [0.1, 0.15) is 0 Å². The van der Waals surface area contributed by atoms with Gasteiger partial charge in [0.05, 0.1) is 5.25 Å². The summed E-state index contributed by atoms with van der Waals surface area (Å²) >= 11 is 0. The predicted molar refractivity (Wildman–Crippen MR) is 77.0 cm³/mol. The van der Waals surface area contributed by atoms with Crippen molar-refractivity contribution < 1.29 is 8.42 Å². The normalized spacial score (nSPS) is 20.2. The predicted octanol–water partition coefficient (Wildman–Crippen LogP) is 0.645. The fraction of sp³-hybridized carbons (Fsp3) is 0.692. The van der Waals surface area contributed by atoms with Crippen LogP contribution in [0.1, 0.15) is 18.4 Å². The smallest absolute Gasteiger partial charge is 0.225 e. The Kier molecular flexibility index (Phi) is 3.41. The summed E-state index contributed by atoms with van der Waals surface area (Å²) in [5, 5.41) is -0.121. The molecule has 1 aromatic heterocycles. The average Bonchev–Trinajstić information content (AvgIpc) is 3.18. The lowest BCUT2D eigenvalue weighted by molar-refractivity contribution is 0.324. The molecule has 2 fully saturated rings. The number of sulfonamides is 1. The number of rotatable bonds is 5. The lowest BCUT2D eigenvalue weighted by atomic mass is 10.0. The minimum atomic E-state index is -3.04. The molecular formula is C13H20N4O2S. The SMILES string of the molecule is Cc1cnc(N2CC(CN(C)S(=O)(=O)C3CC3)C2)nc1. The molecule has 1 aliphatic carbocycles. The summed E-state index contributed by atoms with van der Waals surface area (Å²) in [5.74, 6) is 1.11. The molecule has 1 saturated carbocycles. The number of hydrogen-bond acceptors (Lipinski definition) is 5. The van der Waals surface area contributed by atoms with Gasteiger partial charge in [0, 0.05) is 45.0 Å². The van der Waals surface area contributed by atoms with Gasteiger partial charge in [-0.3, -0.25) is 0 Å². The lowest BCUT2D eigenvalue weighted by Gasteiger charge is -2.40. The largest absolute Gasteiger partial charge is 0.340 e. The van der Waals surface area contributed by atoms with Crippen LogP contribution >= 0.6 is 0 Å². The third-order valence-electron chi connectivity index (χ3n) is 3.90. The number of aromatic nitrogens is 2. The molecule has 1 aliphatic heterocycles. The second-order valence-corrected chi connectivity index (χ2v) is 8.18. The molecule has 110 valence electrons. The van der Waals surface area contributed by atoms with Crippen molar-refractivity contribution in [3.63, 3.8) is 0 Å². The Morgan fingerprint density at radius 2 is 1.90 bits per heavy atom. The number of hydrogen-bond donors (Lipinski definition) is 0. The third kappa shape index (κ3) is 2.64. The van der Waals surface area contributed by atoms with E-state index in [4.69, 9.17) is 0 Å². The van der Waals surface area contributed by atoms with Crippen LogP contribution in [-0.2, 0) is 10.0 Å². The Morgan fingerprint density at radius 3 is 2.45 bits per heavy atom. The quantitative estimate of drug-likeness (QED) is 0.798. The fourth-order valence-electron chi connectivity index (χ4n) is 2.49. The molecule has 0 bridgehead atoms. The second kappa shape index (κ2) is 4.96. The zero-order chi connectivity index (χ0) is 14.3. The molecule has 2 aliphatic rings. The summed E-state index contributed by atoms with van der Waals surface area (Å²) in [4.78, 5) is 10.7. The summed E-state index contributed by atoms with van der Waals surface area (Å²) in [7, 11) is -1.35. The zero-order valence-corrected chi connectivity index (χ0v) is 12.7. The average molecular weight is 296 g/mol. The molecule has 0 aromatic carbocycles. The first-order chi connectivity index (χ1) is 9.46. The van der Waals surface area contributed by atoms with Crippen LogP contribution in [0.4, 0.5) is 5.95 Å². The van der Waals surface area contributed by atoms with Crippen molar-refractivity contribution in [1.82, 2.24) is 14.3 Å². The molecule has 3 rings (SSSR count). The van der Waals surface area contributed by atoms with Gasteiger partial charge in [0.2, 0.25) is 16.0 Å². The van der Waals surface area contributed by atoms with Crippen molar-refractivity contribution in [2.45, 2.75) is 25.0 Å². The van der Waals surface area contributed by atoms with Gasteiger partial charge in [-0.05, 0) is 25.3 Å². The highest BCUT2D eigenvalue weighted by Gasteiger charge is 2.40. The molecule has 2 heterocycles. The standard InChI is InChI=1S/C13H20N4O2S/c1-10-5-14-13(15-6-10)17-8-11(9-17)7-16(2)20(18,19)12-3-4-12/h5-6,11-12H,3-4,7-9H2,1-2H3. The lowest BCUT2D eigenvalue weighted by Crippen LogP contribution is -2.52. The van der Waals surface area contributed by atoms with E-state index in [2.05, 4.69) is 14.9 Å². The van der Waals surface area contributed by atoms with Gasteiger partial charge in [-0.1, -0.05) is 0 Å². The molecular weight excluding hydrogens is 276 g/mol. The van der Waals surface area contributed by atoms with Crippen molar-refractivity contribution in [3.8, 4) is 0 Å². The summed E-state index contributed by atoms with van der Waals surface area (Å²) in [6, 6.07) is 0. The Bertz CT molecular complexity index is 577. The topological polar surface area (TPSA) is 66.4 Å². The molecule has 20 heavy (non-hydrogen) atoms.